The summed E-state index contributed by atoms with van der Waals surface area (Å²) in [5, 5.41) is 12.9. The normalized spacial score (nSPS) is 19.2. The van der Waals surface area contributed by atoms with Crippen molar-refractivity contribution in [3.05, 3.63) is 44.7 Å². The fraction of sp³-hybridized carbons (Fsp3) is 0.385. The number of hydrogen-bond donors (Lipinski definition) is 1. The van der Waals surface area contributed by atoms with Gasteiger partial charge in [0, 0.05) is 28.9 Å². The van der Waals surface area contributed by atoms with Crippen LogP contribution in [0.4, 0.5) is 0 Å². The maximum Gasteiger partial charge on any atom is 0.331 e. The highest BCUT2D eigenvalue weighted by molar-refractivity contribution is 9.10. The predicted octanol–water partition coefficient (Wildman–Crippen LogP) is 2.73. The fourth-order valence-corrected chi connectivity index (χ4v) is 2.88. The SMILES string of the molecule is [N-]=[N+]=NCC1CC(=O)N(C(C(=O)O)c2cccc(Br)c2)C1. The first-order chi connectivity index (χ1) is 10.0. The van der Waals surface area contributed by atoms with Gasteiger partial charge in [-0.2, -0.15) is 0 Å². The number of halogens is 1. The summed E-state index contributed by atoms with van der Waals surface area (Å²) in [6, 6.07) is 5.86. The molecule has 1 aromatic carbocycles. The number of carbonyl (C=O) groups excluding carboxylic acids is 1. The lowest BCUT2D eigenvalue weighted by Crippen LogP contribution is -2.35. The fourth-order valence-electron chi connectivity index (χ4n) is 2.46. The van der Waals surface area contributed by atoms with Crippen LogP contribution in [0.25, 0.3) is 10.4 Å². The molecule has 1 heterocycles. The number of amides is 1. The summed E-state index contributed by atoms with van der Waals surface area (Å²) in [5.74, 6) is -1.45. The Labute approximate surface area is 129 Å². The monoisotopic (exact) mass is 352 g/mol. The van der Waals surface area contributed by atoms with Crippen molar-refractivity contribution in [2.24, 2.45) is 11.0 Å². The van der Waals surface area contributed by atoms with Crippen LogP contribution in [0.5, 0.6) is 0 Å². The molecule has 0 aliphatic carbocycles. The number of hydrogen-bond acceptors (Lipinski definition) is 3. The molecule has 1 aliphatic heterocycles. The van der Waals surface area contributed by atoms with Gasteiger partial charge >= 0.3 is 5.97 Å². The summed E-state index contributed by atoms with van der Waals surface area (Å²) in [7, 11) is 0. The van der Waals surface area contributed by atoms with Crippen LogP contribution in [-0.2, 0) is 9.59 Å². The van der Waals surface area contributed by atoms with E-state index in [0.29, 0.717) is 5.56 Å². The summed E-state index contributed by atoms with van der Waals surface area (Å²) in [4.78, 5) is 27.6. The van der Waals surface area contributed by atoms with E-state index in [9.17, 15) is 14.7 Å². The molecule has 2 atom stereocenters. The third-order valence-electron chi connectivity index (χ3n) is 3.35. The minimum Gasteiger partial charge on any atom is -0.479 e. The molecule has 0 aromatic heterocycles. The van der Waals surface area contributed by atoms with E-state index in [0.717, 1.165) is 4.47 Å². The third-order valence-corrected chi connectivity index (χ3v) is 3.84. The molecule has 2 rings (SSSR count). The van der Waals surface area contributed by atoms with Crippen LogP contribution in [0.2, 0.25) is 0 Å². The summed E-state index contributed by atoms with van der Waals surface area (Å²) in [6.45, 7) is 0.477. The molecule has 21 heavy (non-hydrogen) atoms. The molecule has 0 radical (unpaired) electrons. The maximum atomic E-state index is 12.1. The molecule has 1 fully saturated rings. The van der Waals surface area contributed by atoms with E-state index in [4.69, 9.17) is 5.53 Å². The van der Waals surface area contributed by atoms with Crippen LogP contribution in [-0.4, -0.2) is 35.0 Å². The van der Waals surface area contributed by atoms with Crippen molar-refractivity contribution in [1.29, 1.82) is 0 Å². The van der Waals surface area contributed by atoms with Crippen LogP contribution >= 0.6 is 15.9 Å². The summed E-state index contributed by atoms with van der Waals surface area (Å²) >= 11 is 3.30. The van der Waals surface area contributed by atoms with Gasteiger partial charge in [-0.15, -0.1) is 0 Å². The van der Waals surface area contributed by atoms with Gasteiger partial charge in [0.15, 0.2) is 6.04 Å². The Hall–Kier alpha value is -2.05. The highest BCUT2D eigenvalue weighted by atomic mass is 79.9. The number of aliphatic carboxylic acids is 1. The molecule has 1 aromatic rings. The lowest BCUT2D eigenvalue weighted by molar-refractivity contribution is -0.148. The zero-order chi connectivity index (χ0) is 15.4. The van der Waals surface area contributed by atoms with Gasteiger partial charge in [-0.1, -0.05) is 33.2 Å². The Kier molecular flexibility index (Phi) is 4.82. The number of carboxylic acids is 1. The first kappa shape index (κ1) is 15.3. The average molecular weight is 353 g/mol. The Balaban J connectivity index is 2.25. The molecule has 8 heteroatoms. The third kappa shape index (κ3) is 3.53. The summed E-state index contributed by atoms with van der Waals surface area (Å²) in [6.07, 6.45) is 0.205. The second-order valence-electron chi connectivity index (χ2n) is 4.83. The maximum absolute atomic E-state index is 12.1. The number of likely N-dealkylation sites (tertiary alicyclic amines) is 1. The van der Waals surface area contributed by atoms with E-state index in [2.05, 4.69) is 26.0 Å². The molecule has 0 bridgehead atoms. The number of carboxylic acid groups (broad SMARTS) is 1. The van der Waals surface area contributed by atoms with Crippen LogP contribution in [0.1, 0.15) is 18.0 Å². The largest absolute Gasteiger partial charge is 0.479 e. The van der Waals surface area contributed by atoms with Gasteiger partial charge in [0.1, 0.15) is 0 Å². The molecule has 1 N–H and O–H groups in total. The number of azide groups is 1. The molecule has 1 amide bonds. The topological polar surface area (TPSA) is 106 Å². The number of nitrogens with zero attached hydrogens (tertiary/aromatic N) is 4. The van der Waals surface area contributed by atoms with E-state index < -0.39 is 12.0 Å². The van der Waals surface area contributed by atoms with E-state index in [1.807, 2.05) is 0 Å². The highest BCUT2D eigenvalue weighted by Gasteiger charge is 2.38. The minimum atomic E-state index is -1.08. The van der Waals surface area contributed by atoms with Crippen molar-refractivity contribution in [2.45, 2.75) is 12.5 Å². The van der Waals surface area contributed by atoms with E-state index in [1.165, 1.54) is 4.90 Å². The van der Waals surface area contributed by atoms with Gasteiger partial charge in [0.2, 0.25) is 5.91 Å². The highest BCUT2D eigenvalue weighted by Crippen LogP contribution is 2.30. The smallest absolute Gasteiger partial charge is 0.331 e. The zero-order valence-corrected chi connectivity index (χ0v) is 12.6. The molecular weight excluding hydrogens is 340 g/mol. The van der Waals surface area contributed by atoms with Crippen molar-refractivity contribution in [2.75, 3.05) is 13.1 Å². The van der Waals surface area contributed by atoms with E-state index >= 15 is 0 Å². The minimum absolute atomic E-state index is 0.137. The lowest BCUT2D eigenvalue weighted by Gasteiger charge is -2.25. The molecule has 0 saturated carbocycles. The molecule has 7 nitrogen and oxygen atoms in total. The Morgan fingerprint density at radius 2 is 2.38 bits per heavy atom. The quantitative estimate of drug-likeness (QED) is 0.500. The molecule has 1 saturated heterocycles. The Morgan fingerprint density at radius 1 is 1.62 bits per heavy atom. The van der Waals surface area contributed by atoms with Gasteiger partial charge in [-0.25, -0.2) is 4.79 Å². The zero-order valence-electron chi connectivity index (χ0n) is 11.0. The standard InChI is InChI=1S/C13H13BrN4O3/c14-10-3-1-2-9(5-10)12(13(20)21)18-7-8(4-11(18)19)6-16-17-15/h1-3,5,8,12H,4,6-7H2,(H,20,21). The van der Waals surface area contributed by atoms with Crippen LogP contribution < -0.4 is 0 Å². The van der Waals surface area contributed by atoms with Crippen molar-refractivity contribution in [3.8, 4) is 0 Å². The second-order valence-corrected chi connectivity index (χ2v) is 5.74. The van der Waals surface area contributed by atoms with Gasteiger partial charge in [-0.3, -0.25) is 4.79 Å². The van der Waals surface area contributed by atoms with Gasteiger partial charge in [-0.05, 0) is 29.1 Å². The first-order valence-electron chi connectivity index (χ1n) is 6.31. The van der Waals surface area contributed by atoms with Gasteiger partial charge in [0.05, 0.1) is 0 Å². The molecular formula is C13H13BrN4O3. The van der Waals surface area contributed by atoms with Crippen LogP contribution in [0.15, 0.2) is 33.9 Å². The number of carbonyl (C=O) groups is 2. The Morgan fingerprint density at radius 3 is 3.00 bits per heavy atom. The van der Waals surface area contributed by atoms with Crippen molar-refractivity contribution in [3.63, 3.8) is 0 Å². The van der Waals surface area contributed by atoms with Gasteiger partial charge in [0.25, 0.3) is 0 Å². The van der Waals surface area contributed by atoms with Crippen LogP contribution in [0.3, 0.4) is 0 Å². The van der Waals surface area contributed by atoms with Crippen LogP contribution in [0, 0.1) is 5.92 Å². The Bertz CT molecular complexity index is 615. The molecule has 2 unspecified atom stereocenters. The molecule has 0 spiro atoms. The number of rotatable bonds is 5. The average Bonchev–Trinajstić information content (AvgIpc) is 2.77. The number of benzene rings is 1. The second kappa shape index (κ2) is 6.60. The van der Waals surface area contributed by atoms with Crippen molar-refractivity contribution >= 4 is 27.8 Å². The van der Waals surface area contributed by atoms with Crippen molar-refractivity contribution < 1.29 is 14.7 Å². The van der Waals surface area contributed by atoms with E-state index in [1.54, 1.807) is 24.3 Å². The lowest BCUT2D eigenvalue weighted by atomic mass is 10.1. The predicted molar refractivity (Wildman–Crippen MR) is 78.4 cm³/mol. The van der Waals surface area contributed by atoms with E-state index in [-0.39, 0.29) is 31.3 Å². The molecule has 110 valence electrons. The summed E-state index contributed by atoms with van der Waals surface area (Å²) in [5.41, 5.74) is 8.86. The molecule has 1 aliphatic rings. The summed E-state index contributed by atoms with van der Waals surface area (Å²) < 4.78 is 0.753. The van der Waals surface area contributed by atoms with Gasteiger partial charge < -0.3 is 10.0 Å². The van der Waals surface area contributed by atoms with Crippen molar-refractivity contribution in [1.82, 2.24) is 4.90 Å². The first-order valence-corrected chi connectivity index (χ1v) is 7.11.